The van der Waals surface area contributed by atoms with Crippen LogP contribution in [0.1, 0.15) is 41.9 Å². The third-order valence-electron chi connectivity index (χ3n) is 9.97. The van der Waals surface area contributed by atoms with Gasteiger partial charge in [-0.1, -0.05) is 89.9 Å². The largest absolute Gasteiger partial charge is 0.448 e. The fourth-order valence-corrected chi connectivity index (χ4v) is 7.75. The normalized spacial score (nSPS) is 21.1. The van der Waals surface area contributed by atoms with Gasteiger partial charge in [0.05, 0.1) is 31.2 Å². The van der Waals surface area contributed by atoms with Crippen molar-refractivity contribution in [1.29, 1.82) is 0 Å². The summed E-state index contributed by atoms with van der Waals surface area (Å²) < 4.78 is 20.5. The first-order valence-corrected chi connectivity index (χ1v) is 19.0. The lowest BCUT2D eigenvalue weighted by atomic mass is 9.92. The summed E-state index contributed by atoms with van der Waals surface area (Å²) in [5.74, 6) is -2.29. The first-order chi connectivity index (χ1) is 26.8. The lowest BCUT2D eigenvalue weighted by Crippen LogP contribution is -2.54. The second kappa shape index (κ2) is 17.6. The van der Waals surface area contributed by atoms with Gasteiger partial charge in [-0.3, -0.25) is 14.5 Å². The number of nitrogens with one attached hydrogen (secondary N) is 4. The van der Waals surface area contributed by atoms with E-state index in [1.54, 1.807) is 43.1 Å². The quantitative estimate of drug-likeness (QED) is 0.141. The summed E-state index contributed by atoms with van der Waals surface area (Å²) in [6, 6.07) is 23.1. The number of rotatable bonds is 14. The second-order valence-corrected chi connectivity index (χ2v) is 14.5. The Bertz CT molecular complexity index is 1930. The van der Waals surface area contributed by atoms with Crippen molar-refractivity contribution in [1.82, 2.24) is 35.7 Å². The Morgan fingerprint density at radius 1 is 1.04 bits per heavy atom. The Hall–Kier alpha value is -5.08. The van der Waals surface area contributed by atoms with Crippen LogP contribution in [-0.2, 0) is 36.1 Å². The summed E-state index contributed by atoms with van der Waals surface area (Å²) in [7, 11) is 0. The molecule has 3 aromatic carbocycles. The van der Waals surface area contributed by atoms with Crippen LogP contribution in [0.4, 0.5) is 4.79 Å². The molecule has 55 heavy (non-hydrogen) atoms. The highest BCUT2D eigenvalue weighted by Gasteiger charge is 2.45. The fourth-order valence-electron chi connectivity index (χ4n) is 7.20. The number of benzene rings is 3. The maximum atomic E-state index is 13.9. The highest BCUT2D eigenvalue weighted by Crippen LogP contribution is 2.40. The number of halogens is 2. The zero-order valence-electron chi connectivity index (χ0n) is 30.0. The Morgan fingerprint density at radius 2 is 1.80 bits per heavy atom. The van der Waals surface area contributed by atoms with Gasteiger partial charge in [-0.15, -0.1) is 0 Å². The summed E-state index contributed by atoms with van der Waals surface area (Å²) in [5, 5.41) is 13.0. The molecule has 0 spiro atoms. The molecule has 4 atom stereocenters. The van der Waals surface area contributed by atoms with Crippen LogP contribution >= 0.6 is 23.2 Å². The predicted octanol–water partition coefficient (Wildman–Crippen LogP) is 4.87. The van der Waals surface area contributed by atoms with Crippen molar-refractivity contribution < 1.29 is 28.6 Å². The molecule has 7 rings (SSSR count). The topological polar surface area (TPSA) is 148 Å². The zero-order valence-corrected chi connectivity index (χ0v) is 31.5. The second-order valence-electron chi connectivity index (χ2n) is 13.7. The molecule has 4 heterocycles. The highest BCUT2D eigenvalue weighted by molar-refractivity contribution is 6.35. The highest BCUT2D eigenvalue weighted by atomic mass is 35.5. The number of aromatic nitrogens is 2. The number of carbonyl (C=O) groups is 3. The molecule has 2 fully saturated rings. The molecular formula is C40H43Cl2N7O6. The predicted molar refractivity (Wildman–Crippen MR) is 206 cm³/mol. The minimum atomic E-state index is -1.27. The number of likely N-dealkylation sites (tertiary alicyclic amines) is 1. The van der Waals surface area contributed by atoms with Crippen LogP contribution in [0.25, 0.3) is 0 Å². The molecule has 0 radical (unpaired) electrons. The van der Waals surface area contributed by atoms with Crippen LogP contribution in [-0.4, -0.2) is 83.5 Å². The van der Waals surface area contributed by atoms with E-state index in [4.69, 9.17) is 37.4 Å². The molecule has 0 unspecified atom stereocenters. The molecule has 0 aliphatic carbocycles. The summed E-state index contributed by atoms with van der Waals surface area (Å²) in [6.45, 7) is 1.49. The van der Waals surface area contributed by atoms with E-state index in [1.165, 1.54) is 4.90 Å². The van der Waals surface area contributed by atoms with E-state index in [2.05, 4.69) is 26.3 Å². The molecule has 2 saturated heterocycles. The van der Waals surface area contributed by atoms with E-state index >= 15 is 0 Å². The van der Waals surface area contributed by atoms with E-state index in [0.717, 1.165) is 16.8 Å². The summed E-state index contributed by atoms with van der Waals surface area (Å²) in [5.41, 5.74) is 3.38. The van der Waals surface area contributed by atoms with Gasteiger partial charge in [0.15, 0.2) is 0 Å². The Balaban J connectivity index is 0.995. The third-order valence-corrected chi connectivity index (χ3v) is 10.5. The lowest BCUT2D eigenvalue weighted by Gasteiger charge is -2.30. The number of ether oxygens (including phenoxy) is 3. The maximum Gasteiger partial charge on any atom is 0.410 e. The van der Waals surface area contributed by atoms with Crippen LogP contribution in [0.5, 0.6) is 0 Å². The first-order valence-electron chi connectivity index (χ1n) is 18.3. The number of hydrogen-bond donors (Lipinski definition) is 4. The SMILES string of the molecule is O=C(NC[C@H]1CO[C@](Cn2ccnc2)(c2ccc(Cl)cc2Cl)O1)[C@H](CC1=CNCN1)NC(=O)[C@@H]1CCCN1C(=O)OCC(c1ccccc1)c1ccccc1. The van der Waals surface area contributed by atoms with E-state index < -0.39 is 41.9 Å². The number of carbonyl (C=O) groups excluding carboxylic acids is 3. The van der Waals surface area contributed by atoms with Crippen LogP contribution in [0.3, 0.4) is 0 Å². The molecular weight excluding hydrogens is 745 g/mol. The van der Waals surface area contributed by atoms with E-state index in [-0.39, 0.29) is 38.6 Å². The van der Waals surface area contributed by atoms with Crippen molar-refractivity contribution in [2.75, 3.05) is 33.0 Å². The zero-order chi connectivity index (χ0) is 38.2. The minimum Gasteiger partial charge on any atom is -0.448 e. The lowest BCUT2D eigenvalue weighted by molar-refractivity contribution is -0.186. The summed E-state index contributed by atoms with van der Waals surface area (Å²) >= 11 is 12.8. The monoisotopic (exact) mass is 787 g/mol. The molecule has 4 N–H and O–H groups in total. The number of hydrogen-bond acceptors (Lipinski definition) is 9. The van der Waals surface area contributed by atoms with Gasteiger partial charge < -0.3 is 40.0 Å². The van der Waals surface area contributed by atoms with E-state index in [9.17, 15) is 14.4 Å². The molecule has 3 aliphatic heterocycles. The van der Waals surface area contributed by atoms with Crippen molar-refractivity contribution in [2.24, 2.45) is 0 Å². The molecule has 1 aromatic heterocycles. The molecule has 13 nitrogen and oxygen atoms in total. The molecule has 3 aliphatic rings. The van der Waals surface area contributed by atoms with Gasteiger partial charge in [-0.25, -0.2) is 9.78 Å². The first kappa shape index (κ1) is 38.2. The summed E-state index contributed by atoms with van der Waals surface area (Å²) in [4.78, 5) is 46.8. The van der Waals surface area contributed by atoms with E-state index in [0.29, 0.717) is 41.7 Å². The van der Waals surface area contributed by atoms with Crippen molar-refractivity contribution in [3.05, 3.63) is 136 Å². The Labute approximate surface area is 329 Å². The summed E-state index contributed by atoms with van der Waals surface area (Å²) in [6.07, 6.45) is 7.02. The average molecular weight is 789 g/mol. The van der Waals surface area contributed by atoms with Crippen LogP contribution < -0.4 is 21.3 Å². The smallest absolute Gasteiger partial charge is 0.410 e. The standard InChI is InChI=1S/C40H43Cl2N7O6/c41-29-13-14-33(34(42)18-29)40(24-48-17-15-43-26-48)54-22-31(55-40)21-45-37(50)35(19-30-20-44-25-46-30)47-38(51)36-12-7-16-49(36)39(52)53-23-32(27-8-3-1-4-9-27)28-10-5-2-6-11-28/h1-6,8-11,13-15,17-18,20,26,31-32,35-36,44,46H,7,12,16,19,21-25H2,(H,45,50)(H,47,51)/t31-,35-,36-,40-/m0/s1. The van der Waals surface area contributed by atoms with Gasteiger partial charge in [0, 0.05) is 60.3 Å². The maximum absolute atomic E-state index is 13.9. The van der Waals surface area contributed by atoms with Gasteiger partial charge in [0.1, 0.15) is 24.8 Å². The average Bonchev–Trinajstić information content (AvgIpc) is 4.04. The van der Waals surface area contributed by atoms with Crippen LogP contribution in [0, 0.1) is 0 Å². The van der Waals surface area contributed by atoms with Gasteiger partial charge in [-0.2, -0.15) is 0 Å². The molecule has 15 heteroatoms. The number of amides is 3. The molecule has 4 aromatic rings. The van der Waals surface area contributed by atoms with Crippen LogP contribution in [0.2, 0.25) is 10.0 Å². The molecule has 0 saturated carbocycles. The number of nitrogens with zero attached hydrogens (tertiary/aromatic N) is 3. The van der Waals surface area contributed by atoms with Crippen molar-refractivity contribution in [3.63, 3.8) is 0 Å². The fraction of sp³-hybridized carbons (Fsp3) is 0.350. The van der Waals surface area contributed by atoms with Crippen molar-refractivity contribution >= 4 is 41.1 Å². The Kier molecular flexibility index (Phi) is 12.2. The van der Waals surface area contributed by atoms with Gasteiger partial charge in [-0.05, 0) is 36.1 Å². The molecule has 3 amide bonds. The molecule has 288 valence electrons. The van der Waals surface area contributed by atoms with Crippen molar-refractivity contribution in [2.45, 2.75) is 55.7 Å². The van der Waals surface area contributed by atoms with Crippen molar-refractivity contribution in [3.8, 4) is 0 Å². The Morgan fingerprint density at radius 3 is 2.47 bits per heavy atom. The van der Waals surface area contributed by atoms with Gasteiger partial charge in [0.25, 0.3) is 0 Å². The molecule has 0 bridgehead atoms. The van der Waals surface area contributed by atoms with Gasteiger partial charge >= 0.3 is 6.09 Å². The third kappa shape index (κ3) is 9.25. The van der Waals surface area contributed by atoms with E-state index in [1.807, 2.05) is 65.2 Å². The minimum absolute atomic E-state index is 0.0959. The number of imidazole rings is 1. The van der Waals surface area contributed by atoms with Crippen LogP contribution in [0.15, 0.2) is 109 Å². The van der Waals surface area contributed by atoms with Gasteiger partial charge in [0.2, 0.25) is 17.6 Å².